The van der Waals surface area contributed by atoms with E-state index in [4.69, 9.17) is 33.3 Å². The number of aromatic amines is 1. The first-order chi connectivity index (χ1) is 21.3. The Kier molecular flexibility index (Phi) is 7.43. The van der Waals surface area contributed by atoms with Crippen LogP contribution in [0.25, 0.3) is 16.8 Å². The molecule has 0 aliphatic carbocycles. The number of ether oxygens (including phenoxy) is 2. The highest BCUT2D eigenvalue weighted by molar-refractivity contribution is 7.47. The first kappa shape index (κ1) is 30.5. The standard InChI is InChI=1S/C22H26N8O13P2/c1-8-27-19-12(21(33)28-8)26-7-30(19)22-17-13(31)10(41-22)5-38-44(34,35)42-16-11(6-39-45(36,37)43-17)40-15(14(16)32)9-4-25-20-18(23)24-2-3-29(9)20/h2-4,7,10-11,13-17,22,31-32H,5-6H2,1H3,(H2,23,24)(H,34,35)(H,36,37)(H,27,28,33). The molecule has 3 saturated heterocycles. The van der Waals surface area contributed by atoms with Crippen molar-refractivity contribution in [3.8, 4) is 0 Å². The number of anilines is 1. The third-order valence-corrected chi connectivity index (χ3v) is 9.53. The summed E-state index contributed by atoms with van der Waals surface area (Å²) in [5, 5.41) is 22.2. The van der Waals surface area contributed by atoms with Crippen LogP contribution in [0.5, 0.6) is 0 Å². The van der Waals surface area contributed by atoms with Crippen molar-refractivity contribution in [2.24, 2.45) is 0 Å². The number of rotatable bonds is 2. The van der Waals surface area contributed by atoms with Crippen LogP contribution in [0, 0.1) is 6.92 Å². The van der Waals surface area contributed by atoms with Crippen molar-refractivity contribution in [3.63, 3.8) is 0 Å². The van der Waals surface area contributed by atoms with Gasteiger partial charge in [-0.05, 0) is 6.92 Å². The zero-order chi connectivity index (χ0) is 31.8. The second-order valence-corrected chi connectivity index (χ2v) is 13.3. The van der Waals surface area contributed by atoms with E-state index in [-0.39, 0.29) is 34.1 Å². The molecule has 7 N–H and O–H groups in total. The van der Waals surface area contributed by atoms with E-state index < -0.39 is 83.4 Å². The van der Waals surface area contributed by atoms with Crippen LogP contribution in [0.1, 0.15) is 23.9 Å². The van der Waals surface area contributed by atoms with Gasteiger partial charge in [0.15, 0.2) is 28.9 Å². The Morgan fingerprint density at radius 2 is 1.69 bits per heavy atom. The number of fused-ring (bicyclic) bond motifs is 5. The zero-order valence-electron chi connectivity index (χ0n) is 23.0. The number of phosphoric acid groups is 2. The number of H-pyrrole nitrogens is 1. The Morgan fingerprint density at radius 1 is 0.978 bits per heavy atom. The fraction of sp³-hybridized carbons (Fsp3) is 0.500. The molecule has 0 aromatic carbocycles. The largest absolute Gasteiger partial charge is 0.472 e. The highest BCUT2D eigenvalue weighted by atomic mass is 31.2. The molecule has 3 aliphatic rings. The average Bonchev–Trinajstić information content (AvgIpc) is 3.72. The van der Waals surface area contributed by atoms with Gasteiger partial charge in [0.25, 0.3) is 5.56 Å². The normalized spacial score (nSPS) is 37.7. The molecule has 0 radical (unpaired) electrons. The van der Waals surface area contributed by atoms with E-state index in [9.17, 15) is 33.9 Å². The number of phosphoric ester groups is 2. The van der Waals surface area contributed by atoms with Crippen LogP contribution in [0.15, 0.2) is 29.7 Å². The van der Waals surface area contributed by atoms with Crippen LogP contribution in [0.3, 0.4) is 0 Å². The van der Waals surface area contributed by atoms with Gasteiger partial charge >= 0.3 is 15.6 Å². The minimum atomic E-state index is -5.08. The van der Waals surface area contributed by atoms with Gasteiger partial charge in [-0.15, -0.1) is 0 Å². The third kappa shape index (κ3) is 5.39. The number of imidazole rings is 2. The minimum Gasteiger partial charge on any atom is -0.387 e. The van der Waals surface area contributed by atoms with Crippen molar-refractivity contribution < 1.29 is 56.7 Å². The van der Waals surface area contributed by atoms with Crippen LogP contribution in [0.4, 0.5) is 5.82 Å². The molecule has 4 aromatic heterocycles. The number of aliphatic hydroxyl groups is 2. The number of nitrogen functional groups attached to an aromatic ring is 1. The van der Waals surface area contributed by atoms with Crippen LogP contribution in [-0.2, 0) is 36.7 Å². The number of nitrogens with zero attached hydrogens (tertiary/aromatic N) is 6. The lowest BCUT2D eigenvalue weighted by Gasteiger charge is -2.26. The number of hydrogen-bond acceptors (Lipinski definition) is 16. The van der Waals surface area contributed by atoms with Crippen LogP contribution in [-0.4, -0.2) is 104 Å². The molecule has 3 aliphatic heterocycles. The van der Waals surface area contributed by atoms with Crippen molar-refractivity contribution in [2.45, 2.75) is 55.9 Å². The van der Waals surface area contributed by atoms with Crippen molar-refractivity contribution in [1.29, 1.82) is 0 Å². The first-order valence-corrected chi connectivity index (χ1v) is 16.3. The maximum atomic E-state index is 13.2. The SMILES string of the molecule is Cc1nc2c(ncn2C2OC3COP(=O)(O)OC4C(COP(=O)(O)OC2C3O)OC(c2cnc3c(N)nccn23)C4O)c(=O)[nH]1. The van der Waals surface area contributed by atoms with E-state index in [1.54, 1.807) is 0 Å². The molecule has 0 amide bonds. The van der Waals surface area contributed by atoms with Crippen molar-refractivity contribution in [1.82, 2.24) is 33.9 Å². The summed E-state index contributed by atoms with van der Waals surface area (Å²) in [6.45, 7) is -0.0602. The number of aromatic nitrogens is 7. The Bertz CT molecular complexity index is 1930. The van der Waals surface area contributed by atoms with Crippen molar-refractivity contribution >= 4 is 38.3 Å². The van der Waals surface area contributed by atoms with Crippen LogP contribution < -0.4 is 11.3 Å². The summed E-state index contributed by atoms with van der Waals surface area (Å²) < 4.78 is 61.7. The number of nitrogens with one attached hydrogen (secondary N) is 1. The lowest BCUT2D eigenvalue weighted by molar-refractivity contribution is -0.0637. The molecule has 2 bridgehead atoms. The van der Waals surface area contributed by atoms with Gasteiger partial charge in [0.1, 0.15) is 48.6 Å². The number of hydrogen-bond donors (Lipinski definition) is 6. The third-order valence-electron chi connectivity index (χ3n) is 7.56. The maximum Gasteiger partial charge on any atom is 0.472 e. The molecule has 0 saturated carbocycles. The highest BCUT2D eigenvalue weighted by Crippen LogP contribution is 2.54. The smallest absolute Gasteiger partial charge is 0.387 e. The van der Waals surface area contributed by atoms with Crippen molar-refractivity contribution in [2.75, 3.05) is 18.9 Å². The predicted octanol–water partition coefficient (Wildman–Crippen LogP) is -1.17. The molecule has 23 heteroatoms. The lowest BCUT2D eigenvalue weighted by Crippen LogP contribution is -2.36. The van der Waals surface area contributed by atoms with E-state index in [1.807, 2.05) is 0 Å². The Morgan fingerprint density at radius 3 is 2.44 bits per heavy atom. The summed E-state index contributed by atoms with van der Waals surface area (Å²) in [5.74, 6) is 0.307. The summed E-state index contributed by atoms with van der Waals surface area (Å²) in [6.07, 6.45) is -6.82. The Labute approximate surface area is 250 Å². The van der Waals surface area contributed by atoms with Gasteiger partial charge in [0, 0.05) is 12.4 Å². The number of nitrogens with two attached hydrogens (primary N) is 1. The van der Waals surface area contributed by atoms with Gasteiger partial charge in [-0.1, -0.05) is 0 Å². The average molecular weight is 672 g/mol. The Hall–Kier alpha value is -3.17. The van der Waals surface area contributed by atoms with Gasteiger partial charge in [-0.2, -0.15) is 0 Å². The Balaban J connectivity index is 1.21. The topological polar surface area (TPSA) is 290 Å². The molecular weight excluding hydrogens is 646 g/mol. The van der Waals surface area contributed by atoms with Crippen LogP contribution >= 0.6 is 15.6 Å². The van der Waals surface area contributed by atoms with Gasteiger partial charge in [-0.25, -0.2) is 29.1 Å². The zero-order valence-corrected chi connectivity index (χ0v) is 24.7. The molecule has 7 rings (SSSR count). The molecule has 45 heavy (non-hydrogen) atoms. The van der Waals surface area contributed by atoms with E-state index >= 15 is 0 Å². The molecular formula is C22H26N8O13P2. The molecule has 0 spiro atoms. The van der Waals surface area contributed by atoms with E-state index in [1.165, 1.54) is 34.5 Å². The summed E-state index contributed by atoms with van der Waals surface area (Å²) in [4.78, 5) is 52.5. The fourth-order valence-corrected chi connectivity index (χ4v) is 7.43. The van der Waals surface area contributed by atoms with Gasteiger partial charge in [0.05, 0.1) is 31.4 Å². The molecule has 4 aromatic rings. The maximum absolute atomic E-state index is 13.2. The van der Waals surface area contributed by atoms with Crippen LogP contribution in [0.2, 0.25) is 0 Å². The number of aliphatic hydroxyl groups excluding tert-OH is 2. The summed E-state index contributed by atoms with van der Waals surface area (Å²) in [5.41, 5.74) is 5.71. The van der Waals surface area contributed by atoms with E-state index in [0.717, 1.165) is 6.33 Å². The molecule has 10 atom stereocenters. The monoisotopic (exact) mass is 672 g/mol. The van der Waals surface area contributed by atoms with Crippen molar-refractivity contribution in [3.05, 3.63) is 46.8 Å². The lowest BCUT2D eigenvalue weighted by atomic mass is 10.1. The predicted molar refractivity (Wildman–Crippen MR) is 145 cm³/mol. The summed E-state index contributed by atoms with van der Waals surface area (Å²) in [7, 11) is -10.1. The molecule has 3 fully saturated rings. The van der Waals surface area contributed by atoms with E-state index in [0.29, 0.717) is 0 Å². The first-order valence-electron chi connectivity index (χ1n) is 13.3. The highest BCUT2D eigenvalue weighted by Gasteiger charge is 2.54. The summed E-state index contributed by atoms with van der Waals surface area (Å²) in [6, 6.07) is 0. The van der Waals surface area contributed by atoms with Gasteiger partial charge in [0.2, 0.25) is 0 Å². The fourth-order valence-electron chi connectivity index (χ4n) is 5.54. The second-order valence-electron chi connectivity index (χ2n) is 10.5. The molecule has 7 heterocycles. The van der Waals surface area contributed by atoms with Gasteiger partial charge < -0.3 is 40.2 Å². The van der Waals surface area contributed by atoms with E-state index in [2.05, 4.69) is 24.9 Å². The molecule has 10 unspecified atom stereocenters. The van der Waals surface area contributed by atoms with Gasteiger partial charge in [-0.3, -0.25) is 31.9 Å². The second kappa shape index (κ2) is 11.0. The summed E-state index contributed by atoms with van der Waals surface area (Å²) >= 11 is 0. The minimum absolute atomic E-state index is 0.00162. The quantitative estimate of drug-likeness (QED) is 0.137. The number of aryl methyl sites for hydroxylation is 1. The molecule has 242 valence electrons. The molecule has 21 nitrogen and oxygen atoms in total.